The first kappa shape index (κ1) is 22.2. The molecule has 0 saturated heterocycles. The zero-order valence-electron chi connectivity index (χ0n) is 18.5. The summed E-state index contributed by atoms with van der Waals surface area (Å²) in [6.07, 6.45) is 1.76. The minimum absolute atomic E-state index is 0.256. The number of hydrogen-bond donors (Lipinski definition) is 0. The molecule has 1 unspecified atom stereocenters. The number of carbonyl (C=O) groups is 2. The topological polar surface area (TPSA) is 65.1 Å². The van der Waals surface area contributed by atoms with Crippen LogP contribution in [0.25, 0.3) is 0 Å². The van der Waals surface area contributed by atoms with E-state index in [4.69, 9.17) is 14.2 Å². The van der Waals surface area contributed by atoms with Crippen LogP contribution in [0.1, 0.15) is 30.9 Å². The van der Waals surface area contributed by atoms with Gasteiger partial charge < -0.3 is 19.1 Å². The van der Waals surface area contributed by atoms with Gasteiger partial charge in [0.25, 0.3) is 0 Å². The quantitative estimate of drug-likeness (QED) is 0.640. The number of esters is 2. The molecule has 2 aromatic carbocycles. The summed E-state index contributed by atoms with van der Waals surface area (Å²) < 4.78 is 15.7. The molecule has 2 aromatic rings. The molecule has 31 heavy (non-hydrogen) atoms. The molecule has 0 spiro atoms. The van der Waals surface area contributed by atoms with E-state index in [-0.39, 0.29) is 6.61 Å². The molecule has 0 amide bonds. The molecule has 0 aliphatic carbocycles. The van der Waals surface area contributed by atoms with E-state index in [0.717, 1.165) is 11.1 Å². The van der Waals surface area contributed by atoms with Gasteiger partial charge in [-0.15, -0.1) is 0 Å². The molecule has 1 heterocycles. The van der Waals surface area contributed by atoms with Crippen LogP contribution < -0.4 is 9.64 Å². The predicted octanol–water partition coefficient (Wildman–Crippen LogP) is 4.50. The van der Waals surface area contributed by atoms with Crippen LogP contribution in [0, 0.1) is 6.92 Å². The van der Waals surface area contributed by atoms with E-state index in [1.807, 2.05) is 50.2 Å². The Morgan fingerprint density at radius 2 is 1.58 bits per heavy atom. The Hall–Kier alpha value is -3.54. The van der Waals surface area contributed by atoms with E-state index in [2.05, 4.69) is 0 Å². The van der Waals surface area contributed by atoms with Crippen molar-refractivity contribution in [2.24, 2.45) is 0 Å². The Balaban J connectivity index is 2.21. The van der Waals surface area contributed by atoms with Crippen molar-refractivity contribution in [1.82, 2.24) is 0 Å². The average molecular weight is 421 g/mol. The van der Waals surface area contributed by atoms with E-state index >= 15 is 0 Å². The molecule has 0 radical (unpaired) electrons. The molecule has 1 atom stereocenters. The van der Waals surface area contributed by atoms with E-state index in [9.17, 15) is 9.59 Å². The van der Waals surface area contributed by atoms with Crippen LogP contribution >= 0.6 is 0 Å². The maximum Gasteiger partial charge on any atom is 0.354 e. The van der Waals surface area contributed by atoms with Crippen LogP contribution in [-0.2, 0) is 19.1 Å². The number of benzene rings is 2. The van der Waals surface area contributed by atoms with Crippen molar-refractivity contribution >= 4 is 17.6 Å². The second-order valence-electron chi connectivity index (χ2n) is 7.18. The van der Waals surface area contributed by atoms with Crippen molar-refractivity contribution in [2.45, 2.75) is 26.7 Å². The number of ether oxygens (including phenoxy) is 3. The highest BCUT2D eigenvalue weighted by Crippen LogP contribution is 2.40. The van der Waals surface area contributed by atoms with E-state index in [1.165, 1.54) is 7.11 Å². The molecule has 0 bridgehead atoms. The number of methoxy groups -OCH3 is 2. The van der Waals surface area contributed by atoms with E-state index < -0.39 is 17.9 Å². The predicted molar refractivity (Wildman–Crippen MR) is 119 cm³/mol. The highest BCUT2D eigenvalue weighted by molar-refractivity contribution is 6.00. The van der Waals surface area contributed by atoms with Crippen molar-refractivity contribution in [2.75, 3.05) is 25.7 Å². The van der Waals surface area contributed by atoms with Crippen molar-refractivity contribution in [3.05, 3.63) is 82.7 Å². The Morgan fingerprint density at radius 1 is 0.935 bits per heavy atom. The number of hydrogen-bond acceptors (Lipinski definition) is 6. The molecule has 6 heteroatoms. The lowest BCUT2D eigenvalue weighted by molar-refractivity contribution is -0.139. The summed E-state index contributed by atoms with van der Waals surface area (Å²) in [7, 11) is 2.93. The standard InChI is InChI=1S/C25H27NO5/c1-6-31-25(28)23-17(3)26(19-11-13-20(29-4)14-12-19)22(24(27)30-5)15-21(23)18-9-7-16(2)8-10-18/h7-15,21H,6H2,1-5H3. The molecule has 0 saturated carbocycles. The van der Waals surface area contributed by atoms with Gasteiger partial charge in [0.15, 0.2) is 0 Å². The summed E-state index contributed by atoms with van der Waals surface area (Å²) in [5.41, 5.74) is 4.13. The lowest BCUT2D eigenvalue weighted by atomic mass is 9.85. The number of allylic oxidation sites excluding steroid dienone is 2. The lowest BCUT2D eigenvalue weighted by Gasteiger charge is -2.35. The van der Waals surface area contributed by atoms with Crippen molar-refractivity contribution < 1.29 is 23.8 Å². The van der Waals surface area contributed by atoms with Crippen LogP contribution in [0.15, 0.2) is 71.6 Å². The summed E-state index contributed by atoms with van der Waals surface area (Å²) in [6.45, 7) is 5.84. The lowest BCUT2D eigenvalue weighted by Crippen LogP contribution is -2.34. The van der Waals surface area contributed by atoms with Gasteiger partial charge in [-0.1, -0.05) is 29.8 Å². The van der Waals surface area contributed by atoms with Gasteiger partial charge >= 0.3 is 11.9 Å². The third-order valence-corrected chi connectivity index (χ3v) is 5.26. The van der Waals surface area contributed by atoms with Crippen LogP contribution in [0.2, 0.25) is 0 Å². The van der Waals surface area contributed by atoms with Crippen molar-refractivity contribution in [3.8, 4) is 5.75 Å². The summed E-state index contributed by atoms with van der Waals surface area (Å²) in [4.78, 5) is 27.5. The average Bonchev–Trinajstić information content (AvgIpc) is 2.78. The number of aryl methyl sites for hydroxylation is 1. The largest absolute Gasteiger partial charge is 0.497 e. The fraction of sp³-hybridized carbons (Fsp3) is 0.280. The van der Waals surface area contributed by atoms with Gasteiger partial charge in [-0.3, -0.25) is 0 Å². The summed E-state index contributed by atoms with van der Waals surface area (Å²) in [6, 6.07) is 15.1. The molecule has 0 aromatic heterocycles. The molecule has 1 aliphatic heterocycles. The first-order valence-corrected chi connectivity index (χ1v) is 10.1. The van der Waals surface area contributed by atoms with Gasteiger partial charge in [-0.25, -0.2) is 9.59 Å². The normalized spacial score (nSPS) is 16.0. The molecular weight excluding hydrogens is 394 g/mol. The van der Waals surface area contributed by atoms with Gasteiger partial charge in [0.2, 0.25) is 0 Å². The molecule has 162 valence electrons. The van der Waals surface area contributed by atoms with Crippen LogP contribution in [-0.4, -0.2) is 32.8 Å². The van der Waals surface area contributed by atoms with Crippen LogP contribution in [0.3, 0.4) is 0 Å². The van der Waals surface area contributed by atoms with Gasteiger partial charge in [0, 0.05) is 17.3 Å². The maximum absolute atomic E-state index is 13.0. The minimum Gasteiger partial charge on any atom is -0.497 e. The first-order valence-electron chi connectivity index (χ1n) is 10.1. The minimum atomic E-state index is -0.491. The maximum atomic E-state index is 13.0. The van der Waals surface area contributed by atoms with Crippen LogP contribution in [0.4, 0.5) is 5.69 Å². The third-order valence-electron chi connectivity index (χ3n) is 5.26. The second-order valence-corrected chi connectivity index (χ2v) is 7.18. The Kier molecular flexibility index (Phi) is 6.80. The third kappa shape index (κ3) is 4.48. The zero-order chi connectivity index (χ0) is 22.5. The summed E-state index contributed by atoms with van der Waals surface area (Å²) in [5, 5.41) is 0. The number of anilines is 1. The monoisotopic (exact) mass is 421 g/mol. The zero-order valence-corrected chi connectivity index (χ0v) is 18.5. The van der Waals surface area contributed by atoms with E-state index in [1.54, 1.807) is 37.1 Å². The Labute approximate surface area is 182 Å². The summed E-state index contributed by atoms with van der Waals surface area (Å²) in [5.74, 6) is -0.656. The Bertz CT molecular complexity index is 1020. The van der Waals surface area contributed by atoms with Crippen LogP contribution in [0.5, 0.6) is 5.75 Å². The number of carbonyl (C=O) groups excluding carboxylic acids is 2. The molecule has 3 rings (SSSR count). The second kappa shape index (κ2) is 9.51. The molecule has 6 nitrogen and oxygen atoms in total. The van der Waals surface area contributed by atoms with E-state index in [0.29, 0.717) is 28.4 Å². The fourth-order valence-electron chi connectivity index (χ4n) is 3.69. The summed E-state index contributed by atoms with van der Waals surface area (Å²) >= 11 is 0. The number of nitrogens with zero attached hydrogens (tertiary/aromatic N) is 1. The van der Waals surface area contributed by atoms with Gasteiger partial charge in [-0.2, -0.15) is 0 Å². The number of rotatable bonds is 6. The molecule has 0 fully saturated rings. The molecule has 1 aliphatic rings. The van der Waals surface area contributed by atoms with Gasteiger partial charge in [-0.05, 0) is 56.7 Å². The first-order chi connectivity index (χ1) is 14.9. The van der Waals surface area contributed by atoms with Crippen molar-refractivity contribution in [1.29, 1.82) is 0 Å². The van der Waals surface area contributed by atoms with Gasteiger partial charge in [0.05, 0.1) is 26.4 Å². The molecule has 0 N–H and O–H groups in total. The van der Waals surface area contributed by atoms with Gasteiger partial charge in [0.1, 0.15) is 11.4 Å². The SMILES string of the molecule is CCOC(=O)C1=C(C)N(c2ccc(OC)cc2)C(C(=O)OC)=CC1c1ccc(C)cc1. The highest BCUT2D eigenvalue weighted by atomic mass is 16.5. The smallest absolute Gasteiger partial charge is 0.354 e. The highest BCUT2D eigenvalue weighted by Gasteiger charge is 2.36. The molecular formula is C25H27NO5. The Morgan fingerprint density at radius 3 is 2.13 bits per heavy atom. The van der Waals surface area contributed by atoms with Crippen molar-refractivity contribution in [3.63, 3.8) is 0 Å². The fourth-order valence-corrected chi connectivity index (χ4v) is 3.69.